The summed E-state index contributed by atoms with van der Waals surface area (Å²) in [5, 5.41) is 13.6. The third-order valence-corrected chi connectivity index (χ3v) is 7.37. The molecule has 5 rings (SSSR count). The van der Waals surface area contributed by atoms with Crippen molar-refractivity contribution in [1.29, 1.82) is 0 Å². The molecule has 1 aromatic carbocycles. The number of hydrogen-bond acceptors (Lipinski definition) is 7. The minimum Gasteiger partial charge on any atom is -0.389 e. The van der Waals surface area contributed by atoms with Crippen molar-refractivity contribution in [3.63, 3.8) is 0 Å². The number of nitrogens with one attached hydrogen (secondary N) is 1. The van der Waals surface area contributed by atoms with Crippen molar-refractivity contribution in [2.45, 2.75) is 70.7 Å². The Labute approximate surface area is 220 Å². The van der Waals surface area contributed by atoms with E-state index in [1.165, 1.54) is 12.3 Å². The molecule has 2 aliphatic rings. The molecular formula is C26H32ClFN6O3. The van der Waals surface area contributed by atoms with Crippen molar-refractivity contribution in [3.8, 4) is 11.3 Å². The van der Waals surface area contributed by atoms with Crippen LogP contribution in [0.25, 0.3) is 22.3 Å². The predicted octanol–water partition coefficient (Wildman–Crippen LogP) is 4.15. The van der Waals surface area contributed by atoms with Crippen molar-refractivity contribution in [3.05, 3.63) is 35.0 Å². The maximum Gasteiger partial charge on any atom is 0.223 e. The van der Waals surface area contributed by atoms with E-state index in [-0.39, 0.29) is 47.1 Å². The predicted molar refractivity (Wildman–Crippen MR) is 139 cm³/mol. The van der Waals surface area contributed by atoms with Gasteiger partial charge in [0.1, 0.15) is 11.3 Å². The molecule has 0 radical (unpaired) electrons. The summed E-state index contributed by atoms with van der Waals surface area (Å²) in [6, 6.07) is 3.05. The van der Waals surface area contributed by atoms with E-state index in [1.807, 2.05) is 43.2 Å². The van der Waals surface area contributed by atoms with Crippen molar-refractivity contribution in [1.82, 2.24) is 24.4 Å². The Balaban J connectivity index is 1.55. The summed E-state index contributed by atoms with van der Waals surface area (Å²) in [5.41, 5.74) is 1.76. The number of ether oxygens (including phenoxy) is 1. The Morgan fingerprint density at radius 1 is 1.22 bits per heavy atom. The van der Waals surface area contributed by atoms with E-state index >= 15 is 4.39 Å². The van der Waals surface area contributed by atoms with Crippen LogP contribution in [-0.2, 0) is 9.53 Å². The third-order valence-electron chi connectivity index (χ3n) is 7.10. The second-order valence-electron chi connectivity index (χ2n) is 10.4. The van der Waals surface area contributed by atoms with Gasteiger partial charge in [0.15, 0.2) is 5.82 Å². The van der Waals surface area contributed by atoms with Gasteiger partial charge >= 0.3 is 0 Å². The van der Waals surface area contributed by atoms with Crippen LogP contribution >= 0.6 is 11.6 Å². The van der Waals surface area contributed by atoms with Crippen LogP contribution in [0.5, 0.6) is 0 Å². The lowest BCUT2D eigenvalue weighted by atomic mass is 10.1. The van der Waals surface area contributed by atoms with Crippen molar-refractivity contribution in [2.24, 2.45) is 0 Å². The van der Waals surface area contributed by atoms with Crippen LogP contribution < -0.4 is 5.32 Å². The van der Waals surface area contributed by atoms with Crippen LogP contribution in [-0.4, -0.2) is 73.4 Å². The highest BCUT2D eigenvalue weighted by Gasteiger charge is 2.36. The number of fused-ring (bicyclic) bond motifs is 1. The Morgan fingerprint density at radius 3 is 2.68 bits per heavy atom. The first-order chi connectivity index (χ1) is 17.6. The summed E-state index contributed by atoms with van der Waals surface area (Å²) in [5.74, 6) is 0.495. The van der Waals surface area contributed by atoms with E-state index in [4.69, 9.17) is 21.3 Å². The standard InChI is InChI=1S/C26H32ClFN6O3/c1-13(2)33-11-16(9-22(33)36)25-31-24-18(28)7-15(8-20(24)34(25)14(3)4)23-17(27)10-29-26(32-23)30-19-5-6-37-12-21(19)35/h7-8,10,13-14,16,19,21,35H,5-6,9,11-12H2,1-4H3,(H,29,30,32)/t16-,19-,21-/m1/s1. The number of halogens is 2. The summed E-state index contributed by atoms with van der Waals surface area (Å²) < 4.78 is 22.8. The van der Waals surface area contributed by atoms with Crippen molar-refractivity contribution < 1.29 is 19.0 Å². The van der Waals surface area contributed by atoms with E-state index in [0.717, 1.165) is 0 Å². The Morgan fingerprint density at radius 2 is 2.00 bits per heavy atom. The molecule has 2 saturated heterocycles. The molecule has 2 N–H and O–H groups in total. The zero-order valence-corrected chi connectivity index (χ0v) is 22.2. The molecule has 4 heterocycles. The number of aliphatic hydroxyl groups is 1. The number of aromatic nitrogens is 4. The number of amides is 1. The Bertz CT molecular complexity index is 1330. The molecule has 9 nitrogen and oxygen atoms in total. The first-order valence-electron chi connectivity index (χ1n) is 12.7. The van der Waals surface area contributed by atoms with Gasteiger partial charge in [-0.25, -0.2) is 19.3 Å². The first kappa shape index (κ1) is 25.8. The summed E-state index contributed by atoms with van der Waals surface area (Å²) in [6.07, 6.45) is 1.75. The number of rotatable bonds is 6. The average Bonchev–Trinajstić information content (AvgIpc) is 3.43. The lowest BCUT2D eigenvalue weighted by Gasteiger charge is -2.28. The molecule has 0 saturated carbocycles. The molecule has 3 atom stereocenters. The molecular weight excluding hydrogens is 499 g/mol. The highest BCUT2D eigenvalue weighted by Crippen LogP contribution is 2.36. The molecule has 3 aromatic rings. The van der Waals surface area contributed by atoms with E-state index < -0.39 is 11.9 Å². The molecule has 2 aliphatic heterocycles. The second kappa shape index (κ2) is 10.2. The normalized spacial score (nSPS) is 22.6. The van der Waals surface area contributed by atoms with Gasteiger partial charge in [-0.3, -0.25) is 4.79 Å². The van der Waals surface area contributed by atoms with Crippen LogP contribution in [0.15, 0.2) is 18.3 Å². The smallest absolute Gasteiger partial charge is 0.223 e. The number of benzene rings is 1. The number of nitrogens with zero attached hydrogens (tertiary/aromatic N) is 5. The highest BCUT2D eigenvalue weighted by atomic mass is 35.5. The molecule has 0 bridgehead atoms. The first-order valence-corrected chi connectivity index (χ1v) is 13.1. The van der Waals surface area contributed by atoms with E-state index in [2.05, 4.69) is 15.3 Å². The summed E-state index contributed by atoms with van der Waals surface area (Å²) in [4.78, 5) is 28.0. The van der Waals surface area contributed by atoms with Crippen LogP contribution in [0.4, 0.5) is 10.3 Å². The quantitative estimate of drug-likeness (QED) is 0.493. The zero-order valence-electron chi connectivity index (χ0n) is 21.4. The Hall–Kier alpha value is -2.82. The van der Waals surface area contributed by atoms with Gasteiger partial charge in [0.05, 0.1) is 41.2 Å². The van der Waals surface area contributed by atoms with Gasteiger partial charge in [0.2, 0.25) is 11.9 Å². The molecule has 198 valence electrons. The lowest BCUT2D eigenvalue weighted by molar-refractivity contribution is -0.129. The SMILES string of the molecule is CC(C)N1C[C@H](c2nc3c(F)cc(-c4nc(N[C@@H]5CCOC[C@H]5O)ncc4Cl)cc3n2C(C)C)CC1=O. The molecule has 37 heavy (non-hydrogen) atoms. The number of anilines is 1. The zero-order chi connectivity index (χ0) is 26.4. The van der Waals surface area contributed by atoms with Gasteiger partial charge in [-0.1, -0.05) is 11.6 Å². The molecule has 0 unspecified atom stereocenters. The fraction of sp³-hybridized carbons (Fsp3) is 0.538. The monoisotopic (exact) mass is 530 g/mol. The summed E-state index contributed by atoms with van der Waals surface area (Å²) >= 11 is 6.47. The minimum absolute atomic E-state index is 0.00837. The van der Waals surface area contributed by atoms with Crippen LogP contribution in [0.1, 0.15) is 58.3 Å². The van der Waals surface area contributed by atoms with Gasteiger partial charge < -0.3 is 24.6 Å². The number of carbonyl (C=O) groups is 1. The van der Waals surface area contributed by atoms with Gasteiger partial charge in [0, 0.05) is 43.1 Å². The van der Waals surface area contributed by atoms with Crippen LogP contribution in [0.2, 0.25) is 5.02 Å². The average molecular weight is 531 g/mol. The number of likely N-dealkylation sites (tertiary alicyclic amines) is 1. The molecule has 0 spiro atoms. The van der Waals surface area contributed by atoms with Gasteiger partial charge in [-0.15, -0.1) is 0 Å². The van der Waals surface area contributed by atoms with Gasteiger partial charge in [0.25, 0.3) is 0 Å². The van der Waals surface area contributed by atoms with Gasteiger partial charge in [-0.05, 0) is 46.2 Å². The van der Waals surface area contributed by atoms with Crippen molar-refractivity contribution >= 4 is 34.5 Å². The van der Waals surface area contributed by atoms with Gasteiger partial charge in [-0.2, -0.15) is 0 Å². The number of hydrogen-bond donors (Lipinski definition) is 2. The maximum atomic E-state index is 15.5. The molecule has 2 aromatic heterocycles. The molecule has 1 amide bonds. The molecule has 2 fully saturated rings. The maximum absolute atomic E-state index is 15.5. The Kier molecular flexibility index (Phi) is 7.08. The van der Waals surface area contributed by atoms with E-state index in [0.29, 0.717) is 54.5 Å². The van der Waals surface area contributed by atoms with E-state index in [9.17, 15) is 9.90 Å². The number of imidazole rings is 1. The minimum atomic E-state index is -0.682. The van der Waals surface area contributed by atoms with Crippen molar-refractivity contribution in [2.75, 3.05) is 25.1 Å². The molecule has 0 aliphatic carbocycles. The summed E-state index contributed by atoms with van der Waals surface area (Å²) in [7, 11) is 0. The number of carbonyl (C=O) groups excluding carboxylic acids is 1. The topological polar surface area (TPSA) is 105 Å². The van der Waals surface area contributed by atoms with Crippen LogP contribution in [0.3, 0.4) is 0 Å². The second-order valence-corrected chi connectivity index (χ2v) is 10.8. The largest absolute Gasteiger partial charge is 0.389 e. The summed E-state index contributed by atoms with van der Waals surface area (Å²) in [6.45, 7) is 9.36. The molecule has 11 heteroatoms. The fourth-order valence-corrected chi connectivity index (χ4v) is 5.44. The fourth-order valence-electron chi connectivity index (χ4n) is 5.24. The number of aliphatic hydroxyl groups excluding tert-OH is 1. The third kappa shape index (κ3) is 4.89. The van der Waals surface area contributed by atoms with E-state index in [1.54, 1.807) is 0 Å². The highest BCUT2D eigenvalue weighted by molar-refractivity contribution is 6.33. The lowest BCUT2D eigenvalue weighted by Crippen LogP contribution is -2.42. The van der Waals surface area contributed by atoms with Crippen LogP contribution in [0, 0.1) is 5.82 Å².